The van der Waals surface area contributed by atoms with Crippen molar-refractivity contribution in [2.24, 2.45) is 5.92 Å². The molecule has 2 heterocycles. The average Bonchev–Trinajstić information content (AvgIpc) is 3.01. The van der Waals surface area contributed by atoms with Gasteiger partial charge in [0.2, 0.25) is 0 Å². The number of methoxy groups -OCH3 is 1. The SMILES string of the molecule is COc1ccc(Br)cc1C(c1ccc(Br)s1)N1CCCC(C(=O)O)C1. The molecule has 0 spiro atoms. The molecule has 0 radical (unpaired) electrons. The predicted octanol–water partition coefficient (Wildman–Crippen LogP) is 5.17. The van der Waals surface area contributed by atoms with Gasteiger partial charge in [0.1, 0.15) is 5.75 Å². The zero-order valence-electron chi connectivity index (χ0n) is 13.7. The summed E-state index contributed by atoms with van der Waals surface area (Å²) in [6.45, 7) is 1.42. The van der Waals surface area contributed by atoms with Gasteiger partial charge in [-0.15, -0.1) is 11.3 Å². The number of carboxylic acid groups (broad SMARTS) is 1. The van der Waals surface area contributed by atoms with Crippen molar-refractivity contribution in [2.45, 2.75) is 18.9 Å². The molecule has 134 valence electrons. The summed E-state index contributed by atoms with van der Waals surface area (Å²) < 4.78 is 7.65. The Morgan fingerprint density at radius 3 is 2.80 bits per heavy atom. The zero-order valence-corrected chi connectivity index (χ0v) is 17.7. The van der Waals surface area contributed by atoms with Crippen LogP contribution in [-0.2, 0) is 4.79 Å². The van der Waals surface area contributed by atoms with Gasteiger partial charge in [-0.3, -0.25) is 9.69 Å². The van der Waals surface area contributed by atoms with Crippen molar-refractivity contribution in [3.8, 4) is 5.75 Å². The molecular weight excluding hydrogens is 470 g/mol. The monoisotopic (exact) mass is 487 g/mol. The molecule has 2 unspecified atom stereocenters. The normalized spacial score (nSPS) is 19.6. The van der Waals surface area contributed by atoms with E-state index in [4.69, 9.17) is 4.74 Å². The number of carbonyl (C=O) groups is 1. The summed E-state index contributed by atoms with van der Waals surface area (Å²) in [5, 5.41) is 9.46. The number of likely N-dealkylation sites (tertiary alicyclic amines) is 1. The van der Waals surface area contributed by atoms with Gasteiger partial charge in [0.05, 0.1) is 22.9 Å². The third-order valence-corrected chi connectivity index (χ3v) is 6.69. The quantitative estimate of drug-likeness (QED) is 0.630. The van der Waals surface area contributed by atoms with Gasteiger partial charge in [-0.1, -0.05) is 15.9 Å². The van der Waals surface area contributed by atoms with Crippen LogP contribution >= 0.6 is 43.2 Å². The van der Waals surface area contributed by atoms with Crippen LogP contribution in [0.3, 0.4) is 0 Å². The van der Waals surface area contributed by atoms with Crippen LogP contribution in [0.1, 0.15) is 29.3 Å². The standard InChI is InChI=1S/C18H19Br2NO3S/c1-24-14-5-4-12(19)9-13(14)17(15-6-7-16(20)25-15)21-8-2-3-11(10-21)18(22)23/h4-7,9,11,17H,2-3,8,10H2,1H3,(H,22,23). The van der Waals surface area contributed by atoms with E-state index in [9.17, 15) is 9.90 Å². The zero-order chi connectivity index (χ0) is 18.0. The van der Waals surface area contributed by atoms with Crippen LogP contribution in [0.25, 0.3) is 0 Å². The van der Waals surface area contributed by atoms with Crippen molar-refractivity contribution in [1.82, 2.24) is 4.90 Å². The maximum atomic E-state index is 11.5. The molecule has 1 N–H and O–H groups in total. The maximum absolute atomic E-state index is 11.5. The summed E-state index contributed by atoms with van der Waals surface area (Å²) >= 11 is 8.78. The molecule has 4 nitrogen and oxygen atoms in total. The summed E-state index contributed by atoms with van der Waals surface area (Å²) in [6, 6.07) is 10.1. The van der Waals surface area contributed by atoms with Gasteiger partial charge in [0.25, 0.3) is 0 Å². The third-order valence-electron chi connectivity index (χ3n) is 4.52. The molecule has 0 aliphatic carbocycles. The van der Waals surface area contributed by atoms with E-state index in [-0.39, 0.29) is 12.0 Å². The van der Waals surface area contributed by atoms with E-state index in [0.717, 1.165) is 39.0 Å². The van der Waals surface area contributed by atoms with E-state index in [1.807, 2.05) is 18.2 Å². The molecule has 1 fully saturated rings. The number of nitrogens with zero attached hydrogens (tertiary/aromatic N) is 1. The maximum Gasteiger partial charge on any atom is 0.307 e. The second kappa shape index (κ2) is 8.20. The Bertz CT molecular complexity index is 765. The smallest absolute Gasteiger partial charge is 0.307 e. The van der Waals surface area contributed by atoms with Crippen LogP contribution in [-0.4, -0.2) is 36.2 Å². The van der Waals surface area contributed by atoms with E-state index in [0.29, 0.717) is 6.54 Å². The fourth-order valence-electron chi connectivity index (χ4n) is 3.37. The first-order valence-electron chi connectivity index (χ1n) is 8.05. The molecule has 1 aromatic carbocycles. The molecular formula is C18H19Br2NO3S. The number of halogens is 2. The van der Waals surface area contributed by atoms with E-state index < -0.39 is 5.97 Å². The Kier molecular flexibility index (Phi) is 6.20. The van der Waals surface area contributed by atoms with Gasteiger partial charge in [-0.2, -0.15) is 0 Å². The summed E-state index contributed by atoms with van der Waals surface area (Å²) in [5.41, 5.74) is 1.05. The van der Waals surface area contributed by atoms with Gasteiger partial charge < -0.3 is 9.84 Å². The Hall–Kier alpha value is -0.890. The van der Waals surface area contributed by atoms with Crippen molar-refractivity contribution in [3.05, 3.63) is 49.0 Å². The Labute approximate surface area is 168 Å². The van der Waals surface area contributed by atoms with Crippen molar-refractivity contribution < 1.29 is 14.6 Å². The molecule has 1 aromatic heterocycles. The fourth-order valence-corrected chi connectivity index (χ4v) is 5.32. The third kappa shape index (κ3) is 4.27. The van der Waals surface area contributed by atoms with Crippen LogP contribution in [0, 0.1) is 5.92 Å². The number of thiophene rings is 1. The Morgan fingerprint density at radius 2 is 2.16 bits per heavy atom. The Morgan fingerprint density at radius 1 is 1.36 bits per heavy atom. The first-order chi connectivity index (χ1) is 12.0. The van der Waals surface area contributed by atoms with Crippen molar-refractivity contribution in [2.75, 3.05) is 20.2 Å². The minimum absolute atomic E-state index is 0.0223. The van der Waals surface area contributed by atoms with Gasteiger partial charge in [0, 0.05) is 21.5 Å². The molecule has 1 saturated heterocycles. The number of carboxylic acids is 1. The van der Waals surface area contributed by atoms with Crippen LogP contribution < -0.4 is 4.74 Å². The largest absolute Gasteiger partial charge is 0.496 e. The van der Waals surface area contributed by atoms with Crippen LogP contribution in [0.4, 0.5) is 0 Å². The highest BCUT2D eigenvalue weighted by Crippen LogP contribution is 2.41. The highest BCUT2D eigenvalue weighted by Gasteiger charge is 2.33. The molecule has 3 rings (SSSR count). The summed E-state index contributed by atoms with van der Waals surface area (Å²) in [4.78, 5) is 15.0. The molecule has 2 aromatic rings. The molecule has 1 aliphatic heterocycles. The summed E-state index contributed by atoms with van der Waals surface area (Å²) in [7, 11) is 1.67. The Balaban J connectivity index is 2.05. The minimum atomic E-state index is -0.711. The van der Waals surface area contributed by atoms with Crippen molar-refractivity contribution in [3.63, 3.8) is 0 Å². The molecule has 0 amide bonds. The number of ether oxygens (including phenoxy) is 1. The number of hydrogen-bond donors (Lipinski definition) is 1. The highest BCUT2D eigenvalue weighted by atomic mass is 79.9. The van der Waals surface area contributed by atoms with Crippen LogP contribution in [0.15, 0.2) is 38.6 Å². The predicted molar refractivity (Wildman–Crippen MR) is 106 cm³/mol. The van der Waals surface area contributed by atoms with E-state index >= 15 is 0 Å². The molecule has 0 saturated carbocycles. The number of benzene rings is 1. The lowest BCUT2D eigenvalue weighted by Gasteiger charge is -2.37. The van der Waals surface area contributed by atoms with E-state index in [2.05, 4.69) is 48.9 Å². The first-order valence-corrected chi connectivity index (χ1v) is 10.5. The first kappa shape index (κ1) is 18.9. The topological polar surface area (TPSA) is 49.8 Å². The number of hydrogen-bond acceptors (Lipinski definition) is 4. The minimum Gasteiger partial charge on any atom is -0.496 e. The molecule has 25 heavy (non-hydrogen) atoms. The molecule has 7 heteroatoms. The van der Waals surface area contributed by atoms with Crippen molar-refractivity contribution >= 4 is 49.2 Å². The lowest BCUT2D eigenvalue weighted by atomic mass is 9.94. The highest BCUT2D eigenvalue weighted by molar-refractivity contribution is 9.11. The van der Waals surface area contributed by atoms with Crippen molar-refractivity contribution in [1.29, 1.82) is 0 Å². The molecule has 0 bridgehead atoms. The number of piperidine rings is 1. The average molecular weight is 489 g/mol. The van der Waals surface area contributed by atoms with Crippen LogP contribution in [0.2, 0.25) is 0 Å². The fraction of sp³-hybridized carbons (Fsp3) is 0.389. The summed E-state index contributed by atoms with van der Waals surface area (Å²) in [6.07, 6.45) is 1.62. The molecule has 1 aliphatic rings. The summed E-state index contributed by atoms with van der Waals surface area (Å²) in [5.74, 6) is -0.218. The molecule has 2 atom stereocenters. The van der Waals surface area contributed by atoms with Crippen LogP contribution in [0.5, 0.6) is 5.75 Å². The van der Waals surface area contributed by atoms with Gasteiger partial charge in [-0.05, 0) is 65.6 Å². The van der Waals surface area contributed by atoms with Gasteiger partial charge in [-0.25, -0.2) is 0 Å². The second-order valence-electron chi connectivity index (χ2n) is 6.10. The second-order valence-corrected chi connectivity index (χ2v) is 9.51. The van der Waals surface area contributed by atoms with E-state index in [1.54, 1.807) is 18.4 Å². The van der Waals surface area contributed by atoms with Gasteiger partial charge >= 0.3 is 5.97 Å². The number of aliphatic carboxylic acids is 1. The van der Waals surface area contributed by atoms with Gasteiger partial charge in [0.15, 0.2) is 0 Å². The van der Waals surface area contributed by atoms with E-state index in [1.165, 1.54) is 4.88 Å². The lowest BCUT2D eigenvalue weighted by Crippen LogP contribution is -2.41. The number of rotatable bonds is 5. The lowest BCUT2D eigenvalue weighted by molar-refractivity contribution is -0.143.